The Morgan fingerprint density at radius 1 is 0.958 bits per heavy atom. The maximum atomic E-state index is 6.24. The molecular formula is C19H17ClN2S2. The number of para-hydroxylation sites is 1. The van der Waals surface area contributed by atoms with Crippen molar-refractivity contribution in [1.29, 1.82) is 0 Å². The number of thiophene rings is 1. The van der Waals surface area contributed by atoms with E-state index in [2.05, 4.69) is 39.9 Å². The number of benzene rings is 2. The fraction of sp³-hybridized carbons (Fsp3) is 0.105. The number of hydrogen-bond donors (Lipinski definition) is 1. The summed E-state index contributed by atoms with van der Waals surface area (Å²) in [6.45, 7) is 1.51. The molecule has 2 aromatic carbocycles. The number of hydrogen-bond acceptors (Lipinski definition) is 2. The highest BCUT2D eigenvalue weighted by atomic mass is 35.5. The maximum absolute atomic E-state index is 6.24. The van der Waals surface area contributed by atoms with Crippen LogP contribution in [0, 0.1) is 0 Å². The Bertz CT molecular complexity index is 788. The predicted octanol–water partition coefficient (Wildman–Crippen LogP) is 5.80. The van der Waals surface area contributed by atoms with Crippen molar-refractivity contribution < 1.29 is 0 Å². The molecule has 1 N–H and O–H groups in total. The Hall–Kier alpha value is -1.88. The molecule has 0 amide bonds. The minimum atomic E-state index is 0.663. The maximum Gasteiger partial charge on any atom is 0.174 e. The van der Waals surface area contributed by atoms with Gasteiger partial charge < -0.3 is 10.2 Å². The van der Waals surface area contributed by atoms with E-state index in [1.807, 2.05) is 42.5 Å². The summed E-state index contributed by atoms with van der Waals surface area (Å²) >= 11 is 13.6. The van der Waals surface area contributed by atoms with Crippen molar-refractivity contribution >= 4 is 46.0 Å². The first-order valence-electron chi connectivity index (χ1n) is 7.59. The van der Waals surface area contributed by atoms with Crippen LogP contribution in [-0.2, 0) is 13.1 Å². The second-order valence-electron chi connectivity index (χ2n) is 5.33. The molecule has 0 saturated heterocycles. The minimum Gasteiger partial charge on any atom is -0.340 e. The van der Waals surface area contributed by atoms with E-state index in [-0.39, 0.29) is 0 Å². The molecule has 0 unspecified atom stereocenters. The Morgan fingerprint density at radius 2 is 1.71 bits per heavy atom. The summed E-state index contributed by atoms with van der Waals surface area (Å²) < 4.78 is 0. The van der Waals surface area contributed by atoms with Gasteiger partial charge in [0.25, 0.3) is 0 Å². The van der Waals surface area contributed by atoms with Crippen molar-refractivity contribution in [1.82, 2.24) is 4.90 Å². The first-order chi connectivity index (χ1) is 11.7. The van der Waals surface area contributed by atoms with Gasteiger partial charge in [0.1, 0.15) is 0 Å². The molecule has 1 heterocycles. The third-order valence-corrected chi connectivity index (χ3v) is 5.10. The van der Waals surface area contributed by atoms with Crippen LogP contribution < -0.4 is 5.32 Å². The molecule has 0 fully saturated rings. The highest BCUT2D eigenvalue weighted by Gasteiger charge is 2.13. The summed E-state index contributed by atoms with van der Waals surface area (Å²) in [4.78, 5) is 3.43. The number of thiocarbonyl (C=S) groups is 1. The van der Waals surface area contributed by atoms with E-state index < -0.39 is 0 Å². The fourth-order valence-electron chi connectivity index (χ4n) is 2.35. The molecule has 2 nitrogen and oxygen atoms in total. The van der Waals surface area contributed by atoms with E-state index in [1.165, 1.54) is 10.4 Å². The highest BCUT2D eigenvalue weighted by molar-refractivity contribution is 7.80. The smallest absolute Gasteiger partial charge is 0.174 e. The van der Waals surface area contributed by atoms with Crippen LogP contribution in [0.15, 0.2) is 72.1 Å². The van der Waals surface area contributed by atoms with Crippen molar-refractivity contribution in [2.45, 2.75) is 13.1 Å². The van der Waals surface area contributed by atoms with Gasteiger partial charge in [-0.25, -0.2) is 0 Å². The van der Waals surface area contributed by atoms with Gasteiger partial charge in [-0.1, -0.05) is 60.1 Å². The fourth-order valence-corrected chi connectivity index (χ4v) is 3.49. The number of nitrogens with zero attached hydrogens (tertiary/aromatic N) is 1. The molecule has 0 aliphatic rings. The molecule has 0 atom stereocenters. The van der Waals surface area contributed by atoms with Gasteiger partial charge in [-0.2, -0.15) is 0 Å². The molecular weight excluding hydrogens is 356 g/mol. The normalized spacial score (nSPS) is 10.4. The number of rotatable bonds is 5. The molecule has 5 heteroatoms. The van der Waals surface area contributed by atoms with E-state index in [9.17, 15) is 0 Å². The average molecular weight is 373 g/mol. The van der Waals surface area contributed by atoms with Gasteiger partial charge in [0.2, 0.25) is 0 Å². The first-order valence-corrected chi connectivity index (χ1v) is 9.26. The van der Waals surface area contributed by atoms with Crippen LogP contribution in [0.5, 0.6) is 0 Å². The molecule has 0 radical (unpaired) electrons. The van der Waals surface area contributed by atoms with E-state index in [0.29, 0.717) is 10.1 Å². The van der Waals surface area contributed by atoms with E-state index in [4.69, 9.17) is 23.8 Å². The largest absolute Gasteiger partial charge is 0.340 e. The zero-order valence-corrected chi connectivity index (χ0v) is 15.4. The average Bonchev–Trinajstić information content (AvgIpc) is 3.10. The molecule has 122 valence electrons. The lowest BCUT2D eigenvalue weighted by atomic mass is 10.2. The summed E-state index contributed by atoms with van der Waals surface area (Å²) in [5.74, 6) is 0. The quantitative estimate of drug-likeness (QED) is 0.569. The monoisotopic (exact) mass is 372 g/mol. The molecule has 0 bridgehead atoms. The molecule has 0 aliphatic carbocycles. The van der Waals surface area contributed by atoms with Crippen molar-refractivity contribution in [2.24, 2.45) is 0 Å². The van der Waals surface area contributed by atoms with Crippen LogP contribution in [0.3, 0.4) is 0 Å². The minimum absolute atomic E-state index is 0.663. The van der Waals surface area contributed by atoms with Gasteiger partial charge >= 0.3 is 0 Å². The summed E-state index contributed by atoms with van der Waals surface area (Å²) in [5.41, 5.74) is 2.05. The standard InChI is InChI=1S/C19H17ClN2S2/c20-17-10-4-5-11-18(17)21-19(23)22(14-16-9-6-12-24-16)13-15-7-2-1-3-8-15/h1-12H,13-14H2,(H,21,23). The van der Waals surface area contributed by atoms with Gasteiger partial charge in [0.15, 0.2) is 5.11 Å². The second kappa shape index (κ2) is 8.29. The Morgan fingerprint density at radius 3 is 2.42 bits per heavy atom. The van der Waals surface area contributed by atoms with Crippen molar-refractivity contribution in [3.63, 3.8) is 0 Å². The summed E-state index contributed by atoms with van der Waals surface area (Å²) in [5, 5.41) is 6.69. The Balaban J connectivity index is 1.77. The molecule has 3 aromatic rings. The van der Waals surface area contributed by atoms with Crippen LogP contribution in [0.4, 0.5) is 5.69 Å². The third-order valence-electron chi connectivity index (χ3n) is 3.55. The molecule has 0 spiro atoms. The second-order valence-corrected chi connectivity index (χ2v) is 7.16. The van der Waals surface area contributed by atoms with Crippen molar-refractivity contribution in [2.75, 3.05) is 5.32 Å². The van der Waals surface area contributed by atoms with Gasteiger partial charge in [-0.15, -0.1) is 11.3 Å². The molecule has 3 rings (SSSR count). The van der Waals surface area contributed by atoms with E-state index in [0.717, 1.165) is 18.8 Å². The number of anilines is 1. The number of nitrogens with one attached hydrogen (secondary N) is 1. The van der Waals surface area contributed by atoms with E-state index >= 15 is 0 Å². The predicted molar refractivity (Wildman–Crippen MR) is 108 cm³/mol. The molecule has 1 aromatic heterocycles. The van der Waals surface area contributed by atoms with Gasteiger partial charge in [0.05, 0.1) is 17.3 Å². The molecule has 24 heavy (non-hydrogen) atoms. The summed E-state index contributed by atoms with van der Waals surface area (Å²) in [6, 6.07) is 22.2. The third kappa shape index (κ3) is 4.57. The van der Waals surface area contributed by atoms with Crippen LogP contribution in [0.25, 0.3) is 0 Å². The first kappa shape index (κ1) is 17.0. The highest BCUT2D eigenvalue weighted by Crippen LogP contribution is 2.22. The Labute approximate surface area is 156 Å². The lowest BCUT2D eigenvalue weighted by Crippen LogP contribution is -2.33. The summed E-state index contributed by atoms with van der Waals surface area (Å²) in [6.07, 6.45) is 0. The van der Waals surface area contributed by atoms with Crippen LogP contribution in [-0.4, -0.2) is 10.0 Å². The van der Waals surface area contributed by atoms with Crippen LogP contribution in [0.1, 0.15) is 10.4 Å². The zero-order chi connectivity index (χ0) is 16.8. The van der Waals surface area contributed by atoms with Crippen molar-refractivity contribution in [3.8, 4) is 0 Å². The van der Waals surface area contributed by atoms with Crippen LogP contribution >= 0.6 is 35.2 Å². The molecule has 0 aliphatic heterocycles. The van der Waals surface area contributed by atoms with Gasteiger partial charge in [0, 0.05) is 11.4 Å². The summed E-state index contributed by atoms with van der Waals surface area (Å²) in [7, 11) is 0. The zero-order valence-electron chi connectivity index (χ0n) is 13.0. The SMILES string of the molecule is S=C(Nc1ccccc1Cl)N(Cc1ccccc1)Cc1cccs1. The van der Waals surface area contributed by atoms with Gasteiger partial charge in [-0.3, -0.25) is 0 Å². The van der Waals surface area contributed by atoms with Gasteiger partial charge in [-0.05, 0) is 41.4 Å². The topological polar surface area (TPSA) is 15.3 Å². The van der Waals surface area contributed by atoms with E-state index in [1.54, 1.807) is 11.3 Å². The van der Waals surface area contributed by atoms with Crippen molar-refractivity contribution in [3.05, 3.63) is 87.6 Å². The molecule has 0 saturated carbocycles. The van der Waals surface area contributed by atoms with Crippen LogP contribution in [0.2, 0.25) is 5.02 Å². The number of halogens is 1. The lowest BCUT2D eigenvalue weighted by molar-refractivity contribution is 0.416. The lowest BCUT2D eigenvalue weighted by Gasteiger charge is -2.26. The Kier molecular flexibility index (Phi) is 5.86.